The molecule has 4 heteroatoms. The monoisotopic (exact) mass is 302 g/mol. The molecule has 0 saturated heterocycles. The van der Waals surface area contributed by atoms with Crippen LogP contribution >= 0.6 is 11.6 Å². The molecule has 1 aromatic carbocycles. The van der Waals surface area contributed by atoms with Crippen molar-refractivity contribution in [2.24, 2.45) is 7.05 Å². The van der Waals surface area contributed by atoms with Gasteiger partial charge in [0, 0.05) is 24.9 Å². The van der Waals surface area contributed by atoms with Gasteiger partial charge in [-0.15, -0.1) is 0 Å². The van der Waals surface area contributed by atoms with Gasteiger partial charge in [0.2, 0.25) is 0 Å². The summed E-state index contributed by atoms with van der Waals surface area (Å²) in [6, 6.07) is 8.30. The number of aromatic nitrogens is 2. The Morgan fingerprint density at radius 2 is 2.19 bits per heavy atom. The Morgan fingerprint density at radius 1 is 1.43 bits per heavy atom. The molecule has 0 N–H and O–H groups in total. The van der Waals surface area contributed by atoms with Crippen LogP contribution in [0.15, 0.2) is 24.3 Å². The number of hydrogen-bond donors (Lipinski definition) is 0. The number of benzene rings is 1. The summed E-state index contributed by atoms with van der Waals surface area (Å²) >= 11 is 6.25. The summed E-state index contributed by atoms with van der Waals surface area (Å²) in [4.78, 5) is 12.7. The molecule has 110 valence electrons. The lowest BCUT2D eigenvalue weighted by atomic mass is 9.79. The zero-order valence-corrected chi connectivity index (χ0v) is 13.2. The molecular formula is C17H19ClN2O. The summed E-state index contributed by atoms with van der Waals surface area (Å²) in [5, 5.41) is 4.86. The Balaban J connectivity index is 1.87. The lowest BCUT2D eigenvalue weighted by Gasteiger charge is -2.24. The topological polar surface area (TPSA) is 34.9 Å². The van der Waals surface area contributed by atoms with E-state index in [-0.39, 0.29) is 11.7 Å². The highest BCUT2D eigenvalue weighted by molar-refractivity contribution is 6.30. The fourth-order valence-corrected chi connectivity index (χ4v) is 3.50. The molecule has 1 aromatic heterocycles. The normalized spacial score (nSPS) is 17.6. The third-order valence-electron chi connectivity index (χ3n) is 4.38. The van der Waals surface area contributed by atoms with Crippen molar-refractivity contribution in [3.8, 4) is 0 Å². The molecule has 21 heavy (non-hydrogen) atoms. The van der Waals surface area contributed by atoms with Crippen LogP contribution in [0.1, 0.15) is 41.1 Å². The Kier molecular flexibility index (Phi) is 3.85. The van der Waals surface area contributed by atoms with Gasteiger partial charge < -0.3 is 0 Å². The van der Waals surface area contributed by atoms with Crippen LogP contribution in [-0.4, -0.2) is 15.6 Å². The average Bonchev–Trinajstić information content (AvgIpc) is 2.73. The zero-order chi connectivity index (χ0) is 15.0. The number of Topliss-reactive ketones (excluding diaryl/α,β-unsaturated/α-hetero) is 1. The van der Waals surface area contributed by atoms with E-state index in [4.69, 9.17) is 11.6 Å². The Bertz CT molecular complexity index is 690. The van der Waals surface area contributed by atoms with Crippen molar-refractivity contribution in [2.75, 3.05) is 0 Å². The number of ketones is 1. The second kappa shape index (κ2) is 5.64. The minimum atomic E-state index is 0.00521. The van der Waals surface area contributed by atoms with Crippen LogP contribution < -0.4 is 0 Å². The van der Waals surface area contributed by atoms with Gasteiger partial charge in [-0.25, -0.2) is 0 Å². The maximum Gasteiger partial charge on any atom is 0.144 e. The lowest BCUT2D eigenvalue weighted by Crippen LogP contribution is -2.20. The first-order chi connectivity index (χ1) is 10.1. The number of hydrogen-bond acceptors (Lipinski definition) is 2. The third kappa shape index (κ3) is 2.62. The predicted octanol–water partition coefficient (Wildman–Crippen LogP) is 3.61. The number of nitrogens with zero attached hydrogens (tertiary/aromatic N) is 2. The summed E-state index contributed by atoms with van der Waals surface area (Å²) in [5.74, 6) is 0.255. The van der Waals surface area contributed by atoms with Crippen molar-refractivity contribution in [1.29, 1.82) is 0 Å². The second-order valence-electron chi connectivity index (χ2n) is 5.77. The predicted molar refractivity (Wildman–Crippen MR) is 83.8 cm³/mol. The zero-order valence-electron chi connectivity index (χ0n) is 12.4. The lowest BCUT2D eigenvalue weighted by molar-refractivity contribution is -0.120. The first-order valence-corrected chi connectivity index (χ1v) is 7.74. The van der Waals surface area contributed by atoms with Crippen LogP contribution in [0.3, 0.4) is 0 Å². The van der Waals surface area contributed by atoms with Crippen molar-refractivity contribution >= 4 is 17.4 Å². The standard InChI is InChI=1S/C17H19ClN2O/c1-11-15(17(18)20(2)19-11)10-16(21)14-9-5-7-12-6-3-4-8-13(12)14/h3-4,6,8,14H,5,7,9-10H2,1-2H3. The minimum absolute atomic E-state index is 0.00521. The van der Waals surface area contributed by atoms with Gasteiger partial charge in [-0.05, 0) is 37.3 Å². The van der Waals surface area contributed by atoms with Crippen LogP contribution in [0, 0.1) is 6.92 Å². The van der Waals surface area contributed by atoms with Gasteiger partial charge in [0.1, 0.15) is 10.9 Å². The van der Waals surface area contributed by atoms with Crippen LogP contribution in [0.2, 0.25) is 5.15 Å². The molecule has 0 radical (unpaired) electrons. The SMILES string of the molecule is Cc1nn(C)c(Cl)c1CC(=O)C1CCCc2ccccc21. The van der Waals surface area contributed by atoms with Gasteiger partial charge in [0.15, 0.2) is 0 Å². The minimum Gasteiger partial charge on any atom is -0.299 e. The van der Waals surface area contributed by atoms with Gasteiger partial charge in [-0.2, -0.15) is 5.10 Å². The molecule has 3 rings (SSSR count). The van der Waals surface area contributed by atoms with Gasteiger partial charge in [-0.3, -0.25) is 9.48 Å². The molecular weight excluding hydrogens is 284 g/mol. The first-order valence-electron chi connectivity index (χ1n) is 7.36. The van der Waals surface area contributed by atoms with Crippen molar-refractivity contribution in [3.05, 3.63) is 51.8 Å². The maximum absolute atomic E-state index is 12.7. The van der Waals surface area contributed by atoms with E-state index in [0.717, 1.165) is 30.5 Å². The molecule has 1 heterocycles. The Labute approximate surface area is 129 Å². The second-order valence-corrected chi connectivity index (χ2v) is 6.12. The highest BCUT2D eigenvalue weighted by atomic mass is 35.5. The molecule has 0 fully saturated rings. The summed E-state index contributed by atoms with van der Waals surface area (Å²) < 4.78 is 1.63. The molecule has 2 aromatic rings. The fraction of sp³-hybridized carbons (Fsp3) is 0.412. The first kappa shape index (κ1) is 14.3. The smallest absolute Gasteiger partial charge is 0.144 e. The number of fused-ring (bicyclic) bond motifs is 1. The molecule has 1 aliphatic rings. The maximum atomic E-state index is 12.7. The van der Waals surface area contributed by atoms with E-state index in [9.17, 15) is 4.79 Å². The number of carbonyl (C=O) groups excluding carboxylic acids is 1. The van der Waals surface area contributed by atoms with Crippen molar-refractivity contribution in [2.45, 2.75) is 38.5 Å². The molecule has 0 bridgehead atoms. The summed E-state index contributed by atoms with van der Waals surface area (Å²) in [6.45, 7) is 1.91. The number of rotatable bonds is 3. The quantitative estimate of drug-likeness (QED) is 0.868. The Hall–Kier alpha value is -1.61. The van der Waals surface area contributed by atoms with E-state index in [1.807, 2.05) is 19.1 Å². The van der Waals surface area contributed by atoms with Gasteiger partial charge in [-0.1, -0.05) is 35.9 Å². The summed E-state index contributed by atoms with van der Waals surface area (Å²) in [7, 11) is 1.80. The van der Waals surface area contributed by atoms with Crippen molar-refractivity contribution in [1.82, 2.24) is 9.78 Å². The summed E-state index contributed by atoms with van der Waals surface area (Å²) in [6.07, 6.45) is 3.46. The average molecular weight is 303 g/mol. The molecule has 1 atom stereocenters. The van der Waals surface area contributed by atoms with E-state index < -0.39 is 0 Å². The van der Waals surface area contributed by atoms with Gasteiger partial charge in [0.05, 0.1) is 5.69 Å². The fourth-order valence-electron chi connectivity index (χ4n) is 3.26. The number of carbonyl (C=O) groups is 1. The molecule has 3 nitrogen and oxygen atoms in total. The molecule has 0 aliphatic heterocycles. The molecule has 1 aliphatic carbocycles. The van der Waals surface area contributed by atoms with Crippen molar-refractivity contribution in [3.63, 3.8) is 0 Å². The van der Waals surface area contributed by atoms with E-state index in [1.54, 1.807) is 11.7 Å². The van der Waals surface area contributed by atoms with Gasteiger partial charge in [0.25, 0.3) is 0 Å². The molecule has 0 saturated carbocycles. The third-order valence-corrected chi connectivity index (χ3v) is 4.85. The van der Waals surface area contributed by atoms with E-state index >= 15 is 0 Å². The van der Waals surface area contributed by atoms with E-state index in [0.29, 0.717) is 11.6 Å². The van der Waals surface area contributed by atoms with Crippen LogP contribution in [-0.2, 0) is 24.7 Å². The number of aryl methyl sites for hydroxylation is 3. The molecule has 1 unspecified atom stereocenters. The molecule has 0 amide bonds. The van der Waals surface area contributed by atoms with E-state index in [2.05, 4.69) is 17.2 Å². The highest BCUT2D eigenvalue weighted by Crippen LogP contribution is 2.33. The summed E-state index contributed by atoms with van der Waals surface area (Å²) in [5.41, 5.74) is 4.23. The van der Waals surface area contributed by atoms with Crippen LogP contribution in [0.4, 0.5) is 0 Å². The van der Waals surface area contributed by atoms with Crippen molar-refractivity contribution < 1.29 is 4.79 Å². The van der Waals surface area contributed by atoms with E-state index in [1.165, 1.54) is 11.1 Å². The van der Waals surface area contributed by atoms with Crippen LogP contribution in [0.25, 0.3) is 0 Å². The highest BCUT2D eigenvalue weighted by Gasteiger charge is 2.27. The van der Waals surface area contributed by atoms with Gasteiger partial charge >= 0.3 is 0 Å². The largest absolute Gasteiger partial charge is 0.299 e. The Morgan fingerprint density at radius 3 is 2.90 bits per heavy atom. The van der Waals surface area contributed by atoms with Crippen LogP contribution in [0.5, 0.6) is 0 Å². The number of halogens is 1. The molecule has 0 spiro atoms.